The molecule has 1 aliphatic rings. The molecular weight excluding hydrogens is 224 g/mol. The highest BCUT2D eigenvalue weighted by Crippen LogP contribution is 2.44. The highest BCUT2D eigenvalue weighted by Gasteiger charge is 2.44. The van der Waals surface area contributed by atoms with Crippen LogP contribution in [0.3, 0.4) is 0 Å². The van der Waals surface area contributed by atoms with E-state index in [0.717, 1.165) is 12.8 Å². The quantitative estimate of drug-likeness (QED) is 0.758. The van der Waals surface area contributed by atoms with Gasteiger partial charge in [-0.25, -0.2) is 0 Å². The lowest BCUT2D eigenvalue weighted by atomic mass is 9.61. The monoisotopic (exact) mass is 252 g/mol. The molecule has 3 atom stereocenters. The Morgan fingerprint density at radius 1 is 1.39 bits per heavy atom. The third kappa shape index (κ3) is 3.35. The molecule has 1 amide bonds. The zero-order chi connectivity index (χ0) is 13.9. The van der Waals surface area contributed by atoms with Crippen LogP contribution in [0.4, 0.5) is 0 Å². The van der Waals surface area contributed by atoms with Crippen molar-refractivity contribution in [2.75, 3.05) is 6.54 Å². The van der Waals surface area contributed by atoms with Crippen molar-refractivity contribution in [2.24, 2.45) is 23.0 Å². The van der Waals surface area contributed by atoms with E-state index < -0.39 is 0 Å². The molecule has 0 saturated heterocycles. The summed E-state index contributed by atoms with van der Waals surface area (Å²) < 4.78 is 0. The van der Waals surface area contributed by atoms with E-state index in [1.165, 1.54) is 5.57 Å². The van der Waals surface area contributed by atoms with Gasteiger partial charge >= 0.3 is 0 Å². The molecule has 0 aliphatic heterocycles. The molecule has 0 aromatic rings. The Labute approximate surface area is 111 Å². The molecule has 0 aromatic heterocycles. The van der Waals surface area contributed by atoms with Crippen molar-refractivity contribution < 1.29 is 4.79 Å². The average molecular weight is 252 g/mol. The van der Waals surface area contributed by atoms with Gasteiger partial charge in [0.2, 0.25) is 5.91 Å². The Morgan fingerprint density at radius 3 is 2.56 bits per heavy atom. The van der Waals surface area contributed by atoms with Crippen molar-refractivity contribution >= 4 is 5.91 Å². The van der Waals surface area contributed by atoms with Gasteiger partial charge in [-0.05, 0) is 38.0 Å². The summed E-state index contributed by atoms with van der Waals surface area (Å²) in [7, 11) is 0. The summed E-state index contributed by atoms with van der Waals surface area (Å²) in [6.45, 7) is 11.2. The summed E-state index contributed by atoms with van der Waals surface area (Å²) in [4.78, 5) is 12.3. The first kappa shape index (κ1) is 15.2. The molecule has 3 unspecified atom stereocenters. The molecule has 0 radical (unpaired) electrons. The summed E-state index contributed by atoms with van der Waals surface area (Å²) in [5.74, 6) is 0.638. The zero-order valence-electron chi connectivity index (χ0n) is 12.4. The highest BCUT2D eigenvalue weighted by atomic mass is 16.1. The number of hydrogen-bond acceptors (Lipinski definition) is 2. The first-order chi connectivity index (χ1) is 8.26. The van der Waals surface area contributed by atoms with Gasteiger partial charge in [-0.3, -0.25) is 4.79 Å². The molecule has 18 heavy (non-hydrogen) atoms. The smallest absolute Gasteiger partial charge is 0.223 e. The summed E-state index contributed by atoms with van der Waals surface area (Å²) in [6.07, 6.45) is 3.90. The maximum absolute atomic E-state index is 12.3. The maximum atomic E-state index is 12.3. The van der Waals surface area contributed by atoms with E-state index in [0.29, 0.717) is 12.5 Å². The number of nitrogens with two attached hydrogens (primary N) is 1. The van der Waals surface area contributed by atoms with Crippen LogP contribution in [0.2, 0.25) is 0 Å². The predicted molar refractivity (Wildman–Crippen MR) is 76.1 cm³/mol. The van der Waals surface area contributed by atoms with Gasteiger partial charge in [-0.15, -0.1) is 0 Å². The van der Waals surface area contributed by atoms with E-state index in [1.54, 1.807) is 0 Å². The van der Waals surface area contributed by atoms with Crippen molar-refractivity contribution in [2.45, 2.75) is 53.5 Å². The minimum Gasteiger partial charge on any atom is -0.352 e. The van der Waals surface area contributed by atoms with Crippen LogP contribution in [0.1, 0.15) is 47.5 Å². The van der Waals surface area contributed by atoms with Gasteiger partial charge in [0.25, 0.3) is 0 Å². The van der Waals surface area contributed by atoms with Crippen LogP contribution in [-0.2, 0) is 4.79 Å². The molecule has 1 rings (SSSR count). The van der Waals surface area contributed by atoms with Crippen LogP contribution in [0, 0.1) is 17.3 Å². The molecule has 1 fully saturated rings. The number of carbonyl (C=O) groups excluding carboxylic acids is 1. The molecule has 3 N–H and O–H groups in total. The lowest BCUT2D eigenvalue weighted by Gasteiger charge is -2.46. The van der Waals surface area contributed by atoms with Crippen LogP contribution >= 0.6 is 0 Å². The maximum Gasteiger partial charge on any atom is 0.223 e. The standard InChI is InChI=1S/C15H28N2O/c1-10(2)8-9-17-14(18)12-6-7-13(16)11(3)15(12,4)5/h8,11-13H,6-7,9,16H2,1-5H3,(H,17,18). The van der Waals surface area contributed by atoms with Crippen LogP contribution in [0.5, 0.6) is 0 Å². The van der Waals surface area contributed by atoms with Crippen molar-refractivity contribution in [1.82, 2.24) is 5.32 Å². The van der Waals surface area contributed by atoms with Gasteiger partial charge in [-0.1, -0.05) is 32.4 Å². The van der Waals surface area contributed by atoms with E-state index >= 15 is 0 Å². The average Bonchev–Trinajstić information content (AvgIpc) is 2.25. The third-order valence-electron chi connectivity index (χ3n) is 4.61. The van der Waals surface area contributed by atoms with Gasteiger partial charge < -0.3 is 11.1 Å². The highest BCUT2D eigenvalue weighted by molar-refractivity contribution is 5.79. The molecular formula is C15H28N2O. The SMILES string of the molecule is CC(C)=CCNC(=O)C1CCC(N)C(C)C1(C)C. The lowest BCUT2D eigenvalue weighted by molar-refractivity contribution is -0.132. The van der Waals surface area contributed by atoms with Crippen LogP contribution in [0.15, 0.2) is 11.6 Å². The largest absolute Gasteiger partial charge is 0.352 e. The molecule has 0 heterocycles. The number of nitrogens with one attached hydrogen (secondary N) is 1. The van der Waals surface area contributed by atoms with Crippen molar-refractivity contribution in [3.05, 3.63) is 11.6 Å². The second-order valence-electron chi connectivity index (χ2n) is 6.43. The molecule has 3 nitrogen and oxygen atoms in total. The van der Waals surface area contributed by atoms with Gasteiger partial charge in [0.1, 0.15) is 0 Å². The van der Waals surface area contributed by atoms with Gasteiger partial charge in [0.05, 0.1) is 0 Å². The van der Waals surface area contributed by atoms with E-state index in [1.807, 2.05) is 19.9 Å². The van der Waals surface area contributed by atoms with E-state index in [-0.39, 0.29) is 23.3 Å². The molecule has 104 valence electrons. The fourth-order valence-corrected chi connectivity index (χ4v) is 2.80. The topological polar surface area (TPSA) is 55.1 Å². The minimum atomic E-state index is -0.0211. The fourth-order valence-electron chi connectivity index (χ4n) is 2.80. The van der Waals surface area contributed by atoms with Gasteiger partial charge in [0, 0.05) is 18.5 Å². The Kier molecular flexibility index (Phi) is 4.97. The van der Waals surface area contributed by atoms with Crippen molar-refractivity contribution in [1.29, 1.82) is 0 Å². The van der Waals surface area contributed by atoms with Crippen LogP contribution in [-0.4, -0.2) is 18.5 Å². The van der Waals surface area contributed by atoms with Crippen molar-refractivity contribution in [3.63, 3.8) is 0 Å². The molecule has 1 aliphatic carbocycles. The van der Waals surface area contributed by atoms with E-state index in [4.69, 9.17) is 5.73 Å². The Hall–Kier alpha value is -0.830. The second kappa shape index (κ2) is 5.87. The first-order valence-corrected chi connectivity index (χ1v) is 6.93. The number of hydrogen-bond donors (Lipinski definition) is 2. The normalized spacial score (nSPS) is 30.7. The second-order valence-corrected chi connectivity index (χ2v) is 6.43. The Balaban J connectivity index is 2.65. The lowest BCUT2D eigenvalue weighted by Crippen LogP contribution is -2.51. The van der Waals surface area contributed by atoms with Crippen LogP contribution in [0.25, 0.3) is 0 Å². The van der Waals surface area contributed by atoms with Gasteiger partial charge in [0.15, 0.2) is 0 Å². The molecule has 0 aromatic carbocycles. The number of allylic oxidation sites excluding steroid dienone is 1. The van der Waals surface area contributed by atoms with Crippen molar-refractivity contribution in [3.8, 4) is 0 Å². The predicted octanol–water partition coefficient (Wildman–Crippen LogP) is 2.47. The Morgan fingerprint density at radius 2 is 2.00 bits per heavy atom. The summed E-state index contributed by atoms with van der Waals surface area (Å²) in [5.41, 5.74) is 7.32. The summed E-state index contributed by atoms with van der Waals surface area (Å²) in [6, 6.07) is 0.224. The first-order valence-electron chi connectivity index (χ1n) is 6.93. The summed E-state index contributed by atoms with van der Waals surface area (Å²) >= 11 is 0. The molecule has 3 heteroatoms. The zero-order valence-corrected chi connectivity index (χ0v) is 12.4. The van der Waals surface area contributed by atoms with Gasteiger partial charge in [-0.2, -0.15) is 0 Å². The number of amides is 1. The summed E-state index contributed by atoms with van der Waals surface area (Å²) in [5, 5.41) is 3.02. The Bertz CT molecular complexity index is 329. The third-order valence-corrected chi connectivity index (χ3v) is 4.61. The van der Waals surface area contributed by atoms with Crippen LogP contribution < -0.4 is 11.1 Å². The minimum absolute atomic E-state index is 0.0211. The number of rotatable bonds is 3. The van der Waals surface area contributed by atoms with E-state index in [2.05, 4.69) is 26.1 Å². The number of carbonyl (C=O) groups is 1. The molecule has 0 bridgehead atoms. The molecule has 0 spiro atoms. The molecule has 1 saturated carbocycles. The van der Waals surface area contributed by atoms with E-state index in [9.17, 15) is 4.79 Å². The fraction of sp³-hybridized carbons (Fsp3) is 0.800.